The van der Waals surface area contributed by atoms with Crippen LogP contribution in [-0.2, 0) is 13.5 Å². The van der Waals surface area contributed by atoms with E-state index in [1.54, 1.807) is 23.0 Å². The Labute approximate surface area is 208 Å². The van der Waals surface area contributed by atoms with E-state index >= 15 is 0 Å². The van der Waals surface area contributed by atoms with Crippen LogP contribution in [0.1, 0.15) is 36.9 Å². The van der Waals surface area contributed by atoms with Crippen LogP contribution in [0.3, 0.4) is 0 Å². The van der Waals surface area contributed by atoms with E-state index in [9.17, 15) is 4.79 Å². The lowest BCUT2D eigenvalue weighted by Crippen LogP contribution is -2.47. The number of benzene rings is 1. The molecule has 0 aliphatic carbocycles. The fourth-order valence-corrected chi connectivity index (χ4v) is 5.04. The second-order valence-electron chi connectivity index (χ2n) is 9.37. The first-order valence-electron chi connectivity index (χ1n) is 12.7. The number of β-amino-alcohol motifs (C(OH)–C–C–N with tert-alkyl or cyclic N) is 1. The number of anilines is 2. The number of rotatable bonds is 8. The highest BCUT2D eigenvalue weighted by atomic mass is 16.3. The molecule has 1 N–H and O–H groups in total. The molecule has 2 aliphatic heterocycles. The van der Waals surface area contributed by atoms with Crippen LogP contribution in [0.5, 0.6) is 0 Å². The van der Waals surface area contributed by atoms with Crippen molar-refractivity contribution in [1.82, 2.24) is 14.5 Å². The molecule has 1 unspecified atom stereocenters. The van der Waals surface area contributed by atoms with Gasteiger partial charge < -0.3 is 14.9 Å². The smallest absolute Gasteiger partial charge is 0.254 e. The molecule has 2 aromatic rings. The van der Waals surface area contributed by atoms with Gasteiger partial charge in [0.1, 0.15) is 0 Å². The molecule has 1 aromatic carbocycles. The molecule has 0 saturated carbocycles. The summed E-state index contributed by atoms with van der Waals surface area (Å²) in [6.45, 7) is 8.61. The molecule has 8 heteroatoms. The molecular formula is C27H38N6O2. The maximum Gasteiger partial charge on any atom is 0.254 e. The Morgan fingerprint density at radius 2 is 1.89 bits per heavy atom. The Hall–Kier alpha value is -2.97. The number of nitrogens with zero attached hydrogens (tertiary/aromatic N) is 6. The van der Waals surface area contributed by atoms with Crippen LogP contribution in [-0.4, -0.2) is 78.2 Å². The minimum absolute atomic E-state index is 0.0250. The van der Waals surface area contributed by atoms with Gasteiger partial charge in [-0.25, -0.2) is 4.98 Å². The fraction of sp³-hybridized carbons (Fsp3) is 0.519. The van der Waals surface area contributed by atoms with Crippen LogP contribution in [0, 0.1) is 0 Å². The van der Waals surface area contributed by atoms with Gasteiger partial charge in [0.25, 0.3) is 5.56 Å². The summed E-state index contributed by atoms with van der Waals surface area (Å²) < 4.78 is 1.67. The van der Waals surface area contributed by atoms with E-state index in [2.05, 4.69) is 44.0 Å². The fourth-order valence-electron chi connectivity index (χ4n) is 5.04. The molecule has 1 aromatic heterocycles. The highest BCUT2D eigenvalue weighted by Crippen LogP contribution is 2.30. The number of aliphatic imine (C=N–C) groups is 1. The molecule has 2 aliphatic rings. The largest absolute Gasteiger partial charge is 0.395 e. The van der Waals surface area contributed by atoms with Gasteiger partial charge in [0.05, 0.1) is 12.3 Å². The standard InChI is InChI=1S/C27H38N6O2/c1-3-28-12-4-7-24-20-26(35)30(2)27(29-24)33-13-5-6-23(21-33)22-8-10-25(11-9-22)32-16-14-31(15-17-32)18-19-34/h3-4,8-12,20,23,34H,5-7,13-19,21H2,1-2H3/b12-4-,28-3?. The predicted molar refractivity (Wildman–Crippen MR) is 143 cm³/mol. The first-order chi connectivity index (χ1) is 17.1. The zero-order valence-electron chi connectivity index (χ0n) is 21.0. The predicted octanol–water partition coefficient (Wildman–Crippen LogP) is 2.43. The molecule has 35 heavy (non-hydrogen) atoms. The highest BCUT2D eigenvalue weighted by molar-refractivity contribution is 5.54. The average Bonchev–Trinajstić information content (AvgIpc) is 2.89. The van der Waals surface area contributed by atoms with Crippen LogP contribution < -0.4 is 15.4 Å². The van der Waals surface area contributed by atoms with E-state index in [1.165, 1.54) is 11.3 Å². The van der Waals surface area contributed by atoms with Gasteiger partial charge in [0, 0.05) is 89.4 Å². The van der Waals surface area contributed by atoms with Gasteiger partial charge in [-0.05, 0) is 37.5 Å². The lowest BCUT2D eigenvalue weighted by Gasteiger charge is -2.36. The van der Waals surface area contributed by atoms with E-state index < -0.39 is 0 Å². The number of piperidine rings is 1. The van der Waals surface area contributed by atoms with Crippen LogP contribution >= 0.6 is 0 Å². The van der Waals surface area contributed by atoms with Gasteiger partial charge in [-0.1, -0.05) is 18.2 Å². The number of aromatic nitrogens is 2. The normalized spacial score (nSPS) is 19.8. The second-order valence-corrected chi connectivity index (χ2v) is 9.37. The molecule has 0 bridgehead atoms. The van der Waals surface area contributed by atoms with E-state index in [4.69, 9.17) is 10.1 Å². The topological polar surface area (TPSA) is 77.2 Å². The van der Waals surface area contributed by atoms with Crippen molar-refractivity contribution in [3.8, 4) is 0 Å². The number of hydrogen-bond acceptors (Lipinski definition) is 7. The molecule has 0 amide bonds. The zero-order valence-corrected chi connectivity index (χ0v) is 21.0. The third-order valence-corrected chi connectivity index (χ3v) is 7.05. The summed E-state index contributed by atoms with van der Waals surface area (Å²) in [6.07, 6.45) is 8.21. The molecule has 2 fully saturated rings. The first kappa shape index (κ1) is 25.1. The quantitative estimate of drug-likeness (QED) is 0.588. The van der Waals surface area contributed by atoms with Gasteiger partial charge >= 0.3 is 0 Å². The van der Waals surface area contributed by atoms with Crippen molar-refractivity contribution in [3.05, 3.63) is 64.2 Å². The molecule has 4 rings (SSSR count). The van der Waals surface area contributed by atoms with Crippen molar-refractivity contribution >= 4 is 17.9 Å². The van der Waals surface area contributed by atoms with Gasteiger partial charge in [-0.2, -0.15) is 0 Å². The van der Waals surface area contributed by atoms with Gasteiger partial charge in [-0.3, -0.25) is 19.3 Å². The number of piperazine rings is 1. The minimum Gasteiger partial charge on any atom is -0.395 e. The number of aliphatic hydroxyl groups excluding tert-OH is 1. The molecule has 0 spiro atoms. The third kappa shape index (κ3) is 6.38. The first-order valence-corrected chi connectivity index (χ1v) is 12.7. The van der Waals surface area contributed by atoms with Crippen LogP contribution in [0.15, 0.2) is 52.4 Å². The Morgan fingerprint density at radius 3 is 2.60 bits per heavy atom. The summed E-state index contributed by atoms with van der Waals surface area (Å²) in [5, 5.41) is 9.16. The van der Waals surface area contributed by atoms with E-state index in [-0.39, 0.29) is 12.2 Å². The highest BCUT2D eigenvalue weighted by Gasteiger charge is 2.25. The Morgan fingerprint density at radius 1 is 1.11 bits per heavy atom. The summed E-state index contributed by atoms with van der Waals surface area (Å²) in [4.78, 5) is 28.5. The molecule has 188 valence electrons. The molecular weight excluding hydrogens is 440 g/mol. The Kier molecular flexibility index (Phi) is 8.71. The van der Waals surface area contributed by atoms with Crippen LogP contribution in [0.2, 0.25) is 0 Å². The van der Waals surface area contributed by atoms with Gasteiger partial charge in [0.15, 0.2) is 0 Å². The number of allylic oxidation sites excluding steroid dienone is 1. The Bertz CT molecular complexity index is 1070. The van der Waals surface area contributed by atoms with E-state index in [0.717, 1.165) is 70.3 Å². The van der Waals surface area contributed by atoms with Crippen molar-refractivity contribution in [2.75, 3.05) is 62.2 Å². The van der Waals surface area contributed by atoms with Crippen molar-refractivity contribution in [1.29, 1.82) is 0 Å². The summed E-state index contributed by atoms with van der Waals surface area (Å²) >= 11 is 0. The summed E-state index contributed by atoms with van der Waals surface area (Å²) in [7, 11) is 1.81. The molecule has 1 atom stereocenters. The molecule has 8 nitrogen and oxygen atoms in total. The van der Waals surface area contributed by atoms with E-state index in [0.29, 0.717) is 12.3 Å². The molecule has 3 heterocycles. The lowest BCUT2D eigenvalue weighted by molar-refractivity contribution is 0.189. The minimum atomic E-state index is -0.0250. The lowest BCUT2D eigenvalue weighted by atomic mass is 9.90. The summed E-state index contributed by atoms with van der Waals surface area (Å²) in [5.41, 5.74) is 3.36. The monoisotopic (exact) mass is 478 g/mol. The summed E-state index contributed by atoms with van der Waals surface area (Å²) in [5.74, 6) is 1.17. The van der Waals surface area contributed by atoms with Crippen molar-refractivity contribution in [3.63, 3.8) is 0 Å². The third-order valence-electron chi connectivity index (χ3n) is 7.05. The summed E-state index contributed by atoms with van der Waals surface area (Å²) in [6, 6.07) is 10.6. The molecule has 2 saturated heterocycles. The van der Waals surface area contributed by atoms with E-state index in [1.807, 2.05) is 20.0 Å². The SMILES string of the molecule is CC=N/C=C\Cc1cc(=O)n(C)c(N2CCCC(c3ccc(N4CCN(CCO)CC4)cc3)C2)n1. The maximum atomic E-state index is 12.6. The maximum absolute atomic E-state index is 12.6. The zero-order chi connectivity index (χ0) is 24.6. The number of hydrogen-bond donors (Lipinski definition) is 1. The van der Waals surface area contributed by atoms with Gasteiger partial charge in [-0.15, -0.1) is 0 Å². The number of aliphatic hydroxyl groups is 1. The van der Waals surface area contributed by atoms with Crippen molar-refractivity contribution in [2.45, 2.75) is 32.1 Å². The molecule has 0 radical (unpaired) electrons. The van der Waals surface area contributed by atoms with Gasteiger partial charge in [0.2, 0.25) is 5.95 Å². The van der Waals surface area contributed by atoms with Crippen molar-refractivity contribution in [2.24, 2.45) is 12.0 Å². The van der Waals surface area contributed by atoms with Crippen LogP contribution in [0.4, 0.5) is 11.6 Å². The van der Waals surface area contributed by atoms with Crippen LogP contribution in [0.25, 0.3) is 0 Å². The van der Waals surface area contributed by atoms with Crippen molar-refractivity contribution < 1.29 is 5.11 Å². The Balaban J connectivity index is 1.43. The average molecular weight is 479 g/mol. The second kappa shape index (κ2) is 12.1.